The van der Waals surface area contributed by atoms with Gasteiger partial charge in [-0.3, -0.25) is 8.37 Å². The highest BCUT2D eigenvalue weighted by Crippen LogP contribution is 2.63. The lowest BCUT2D eigenvalue weighted by molar-refractivity contribution is -0.0262. The van der Waals surface area contributed by atoms with Crippen LogP contribution in [0.5, 0.6) is 11.5 Å². The van der Waals surface area contributed by atoms with Crippen LogP contribution in [-0.2, 0) is 55.3 Å². The molecule has 6 atom stereocenters. The molecule has 0 saturated heterocycles. The third-order valence-electron chi connectivity index (χ3n) is 7.73. The summed E-state index contributed by atoms with van der Waals surface area (Å²) in [4.78, 5) is 0. The number of benzene rings is 1. The average molecular weight is 617 g/mol. The van der Waals surface area contributed by atoms with Gasteiger partial charge in [-0.05, 0) is 61.5 Å². The Hall–Kier alpha value is -1.46. The molecule has 0 radical (unpaired) electrons. The molecule has 16 heteroatoms. The van der Waals surface area contributed by atoms with Crippen LogP contribution in [0.4, 0.5) is 0 Å². The van der Waals surface area contributed by atoms with E-state index in [0.29, 0.717) is 36.8 Å². The maximum atomic E-state index is 12.1. The summed E-state index contributed by atoms with van der Waals surface area (Å²) in [5.41, 5.74) is 0.594. The molecule has 0 amide bonds. The Labute approximate surface area is 224 Å². The van der Waals surface area contributed by atoms with E-state index in [1.807, 2.05) is 6.92 Å². The molecular weight excluding hydrogens is 584 g/mol. The van der Waals surface area contributed by atoms with Crippen LogP contribution in [-0.4, -0.2) is 70.9 Å². The average Bonchev–Trinajstić information content (AvgIpc) is 2.94. The van der Waals surface area contributed by atoms with Crippen molar-refractivity contribution >= 4 is 40.5 Å². The Morgan fingerprint density at radius 2 is 1.39 bits per heavy atom. The molecule has 0 bridgehead atoms. The van der Waals surface area contributed by atoms with Crippen molar-refractivity contribution in [3.63, 3.8) is 0 Å². The van der Waals surface area contributed by atoms with Crippen LogP contribution in [0.3, 0.4) is 0 Å². The van der Waals surface area contributed by atoms with Gasteiger partial charge >= 0.3 is 20.2 Å². The van der Waals surface area contributed by atoms with E-state index in [1.54, 1.807) is 6.07 Å². The molecule has 0 aliphatic heterocycles. The molecule has 2 saturated carbocycles. The van der Waals surface area contributed by atoms with Gasteiger partial charge in [0.2, 0.25) is 0 Å². The number of hydrogen-bond acceptors (Lipinski definition) is 12. The Morgan fingerprint density at radius 1 is 0.789 bits per heavy atom. The minimum absolute atomic E-state index is 0.0205. The summed E-state index contributed by atoms with van der Waals surface area (Å²) < 4.78 is 117. The number of fused-ring (bicyclic) bond motifs is 5. The molecule has 0 spiro atoms. The molecule has 38 heavy (non-hydrogen) atoms. The summed E-state index contributed by atoms with van der Waals surface area (Å²) in [5.74, 6) is -0.591. The molecule has 0 N–H and O–H groups in total. The van der Waals surface area contributed by atoms with Gasteiger partial charge in [0.25, 0.3) is 20.2 Å². The maximum absolute atomic E-state index is 12.1. The molecule has 0 unspecified atom stereocenters. The van der Waals surface area contributed by atoms with E-state index in [-0.39, 0.29) is 35.7 Å². The van der Waals surface area contributed by atoms with Gasteiger partial charge in [0.15, 0.2) is 0 Å². The van der Waals surface area contributed by atoms with E-state index >= 15 is 0 Å². The lowest BCUT2D eigenvalue weighted by atomic mass is 9.55. The first kappa shape index (κ1) is 29.5. The second-order valence-corrected chi connectivity index (χ2v) is 17.2. The fraction of sp³-hybridized carbons (Fsp3) is 0.727. The molecule has 216 valence electrons. The lowest BCUT2D eigenvalue weighted by Gasteiger charge is -2.50. The van der Waals surface area contributed by atoms with Crippen molar-refractivity contribution in [1.82, 2.24) is 0 Å². The highest BCUT2D eigenvalue weighted by atomic mass is 32.2. The Morgan fingerprint density at radius 3 is 1.95 bits per heavy atom. The van der Waals surface area contributed by atoms with Crippen LogP contribution >= 0.6 is 0 Å². The molecule has 4 rings (SSSR count). The molecular formula is C22H32O12S4. The molecule has 1 aromatic carbocycles. The Bertz CT molecular complexity index is 1550. The van der Waals surface area contributed by atoms with Gasteiger partial charge in [-0.2, -0.15) is 33.7 Å². The van der Waals surface area contributed by atoms with E-state index in [1.165, 1.54) is 6.07 Å². The predicted molar refractivity (Wildman–Crippen MR) is 137 cm³/mol. The molecule has 3 aliphatic carbocycles. The second kappa shape index (κ2) is 9.58. The molecule has 0 heterocycles. The van der Waals surface area contributed by atoms with Crippen molar-refractivity contribution in [3.8, 4) is 11.5 Å². The summed E-state index contributed by atoms with van der Waals surface area (Å²) in [5, 5.41) is 0. The zero-order valence-electron chi connectivity index (χ0n) is 21.6. The SMILES string of the molecule is C[C@]12CC[C@@H]3c4c(cc(OS(C)(=O)=O)cc4OS(C)(=O)=O)CC[C@@H]3[C@@H]1C[C@H](OS(C)(=O)=O)[C@H]2OS(C)(=O)=O. The normalized spacial score (nSPS) is 31.7. The van der Waals surface area contributed by atoms with Gasteiger partial charge in [-0.15, -0.1) is 0 Å². The van der Waals surface area contributed by atoms with Gasteiger partial charge < -0.3 is 8.37 Å². The topological polar surface area (TPSA) is 173 Å². The number of rotatable bonds is 8. The summed E-state index contributed by atoms with van der Waals surface area (Å²) in [6.07, 6.45) is 3.80. The lowest BCUT2D eigenvalue weighted by Crippen LogP contribution is -2.47. The van der Waals surface area contributed by atoms with Gasteiger partial charge in [0.1, 0.15) is 23.7 Å². The third-order valence-corrected chi connectivity index (χ3v) is 9.86. The standard InChI is InChI=1S/C22H32O12S4/c1-22-9-8-16-15(17(22)12-19(33-37(4,27)28)21(22)34-38(5,29)30)7-6-13-10-14(31-35(2,23)24)11-18(20(13)16)32-36(3,25)26/h10-11,15-17,19,21H,6-9,12H2,1-5H3/t15-,16-,17-,19-,21+,22-/m0/s1. The number of aryl methyl sites for hydroxylation is 1. The van der Waals surface area contributed by atoms with Crippen molar-refractivity contribution in [2.24, 2.45) is 17.3 Å². The van der Waals surface area contributed by atoms with Crippen molar-refractivity contribution in [1.29, 1.82) is 0 Å². The second-order valence-electron chi connectivity index (χ2n) is 10.8. The molecule has 3 aliphatic rings. The summed E-state index contributed by atoms with van der Waals surface area (Å²) in [6, 6.07) is 2.81. The van der Waals surface area contributed by atoms with Crippen molar-refractivity contribution < 1.29 is 50.4 Å². The Kier molecular flexibility index (Phi) is 7.44. The molecule has 0 aromatic heterocycles. The van der Waals surface area contributed by atoms with E-state index in [4.69, 9.17) is 16.7 Å². The highest BCUT2D eigenvalue weighted by molar-refractivity contribution is 7.86. The van der Waals surface area contributed by atoms with Gasteiger partial charge in [0.05, 0.1) is 25.0 Å². The highest BCUT2D eigenvalue weighted by Gasteiger charge is 2.61. The third kappa shape index (κ3) is 6.46. The summed E-state index contributed by atoms with van der Waals surface area (Å²) in [7, 11) is -15.7. The largest absolute Gasteiger partial charge is 0.382 e. The van der Waals surface area contributed by atoms with Crippen molar-refractivity contribution in [2.45, 2.75) is 57.2 Å². The first-order chi connectivity index (χ1) is 17.2. The smallest absolute Gasteiger partial charge is 0.306 e. The van der Waals surface area contributed by atoms with Crippen LogP contribution in [0.25, 0.3) is 0 Å². The fourth-order valence-corrected chi connectivity index (χ4v) is 8.99. The first-order valence-electron chi connectivity index (χ1n) is 11.9. The van der Waals surface area contributed by atoms with Crippen LogP contribution in [0.15, 0.2) is 12.1 Å². The van der Waals surface area contributed by atoms with Gasteiger partial charge in [0, 0.05) is 17.0 Å². The Balaban J connectivity index is 1.78. The van der Waals surface area contributed by atoms with Crippen LogP contribution < -0.4 is 8.37 Å². The minimum atomic E-state index is -3.98. The first-order valence-corrected chi connectivity index (χ1v) is 19.1. The fourth-order valence-electron chi connectivity index (χ4n) is 6.73. The van der Waals surface area contributed by atoms with E-state index in [0.717, 1.165) is 25.0 Å². The monoisotopic (exact) mass is 616 g/mol. The number of hydrogen-bond donors (Lipinski definition) is 0. The van der Waals surface area contributed by atoms with E-state index < -0.39 is 58.1 Å². The predicted octanol–water partition coefficient (Wildman–Crippen LogP) is 1.52. The van der Waals surface area contributed by atoms with Crippen molar-refractivity contribution in [2.75, 3.05) is 25.0 Å². The minimum Gasteiger partial charge on any atom is -0.382 e. The maximum Gasteiger partial charge on any atom is 0.306 e. The zero-order valence-corrected chi connectivity index (χ0v) is 24.9. The van der Waals surface area contributed by atoms with E-state index in [9.17, 15) is 33.7 Å². The van der Waals surface area contributed by atoms with Gasteiger partial charge in [-0.25, -0.2) is 0 Å². The quantitative estimate of drug-likeness (QED) is 0.386. The molecule has 2 fully saturated rings. The zero-order chi connectivity index (χ0) is 28.5. The summed E-state index contributed by atoms with van der Waals surface area (Å²) >= 11 is 0. The van der Waals surface area contributed by atoms with Crippen LogP contribution in [0.2, 0.25) is 0 Å². The summed E-state index contributed by atoms with van der Waals surface area (Å²) in [6.45, 7) is 1.88. The van der Waals surface area contributed by atoms with Crippen molar-refractivity contribution in [3.05, 3.63) is 23.3 Å². The van der Waals surface area contributed by atoms with E-state index in [2.05, 4.69) is 0 Å². The van der Waals surface area contributed by atoms with Crippen LogP contribution in [0, 0.1) is 17.3 Å². The molecule has 1 aromatic rings. The molecule has 12 nitrogen and oxygen atoms in total. The van der Waals surface area contributed by atoms with Gasteiger partial charge in [-0.1, -0.05) is 6.92 Å². The van der Waals surface area contributed by atoms with Crippen LogP contribution in [0.1, 0.15) is 49.7 Å².